The van der Waals surface area contributed by atoms with Crippen LogP contribution in [0, 0.1) is 12.8 Å². The van der Waals surface area contributed by atoms with Crippen LogP contribution in [0.15, 0.2) is 72.8 Å². The van der Waals surface area contributed by atoms with Gasteiger partial charge in [0.2, 0.25) is 0 Å². The fraction of sp³-hybridized carbons (Fsp3) is 0.394. The van der Waals surface area contributed by atoms with Crippen LogP contribution in [0.5, 0.6) is 0 Å². The van der Waals surface area contributed by atoms with Gasteiger partial charge >= 0.3 is 6.09 Å². The number of ether oxygens (including phenoxy) is 1. The maximum Gasteiger partial charge on any atom is 0.410 e. The molecule has 3 aliphatic rings. The summed E-state index contributed by atoms with van der Waals surface area (Å²) in [5.41, 5.74) is 6.97. The number of likely N-dealkylation sites (tertiary alicyclic amines) is 1. The highest BCUT2D eigenvalue weighted by atomic mass is 16.6. The number of anilines is 1. The van der Waals surface area contributed by atoms with E-state index in [0.29, 0.717) is 44.0 Å². The van der Waals surface area contributed by atoms with Gasteiger partial charge in [0.1, 0.15) is 6.61 Å². The normalized spacial score (nSPS) is 22.3. The number of carbonyl (C=O) groups excluding carboxylic acids is 2. The third-order valence-corrected chi connectivity index (χ3v) is 8.96. The molecule has 2 bridgehead atoms. The summed E-state index contributed by atoms with van der Waals surface area (Å²) in [5.74, 6) is 1.38. The highest BCUT2D eigenvalue weighted by Gasteiger charge is 2.42. The minimum absolute atomic E-state index is 0.113. The predicted molar refractivity (Wildman–Crippen MR) is 153 cm³/mol. The van der Waals surface area contributed by atoms with Gasteiger partial charge in [0.15, 0.2) is 0 Å². The summed E-state index contributed by atoms with van der Waals surface area (Å²) in [4.78, 5) is 32.3. The number of aryl methyl sites for hydroxylation is 1. The topological polar surface area (TPSA) is 53.1 Å². The SMILES string of the molecule is Cc1ccc(C(=O)N2CCN(c3ccc4c(c3)C3CN(C(=O)OCc5ccccc5)CCC4[C@@H]3C)CC2)cc1. The molecule has 2 amide bonds. The molecule has 0 saturated carbocycles. The van der Waals surface area contributed by atoms with E-state index >= 15 is 0 Å². The average Bonchev–Trinajstić information content (AvgIpc) is 3.10. The molecule has 0 spiro atoms. The molecule has 6 nitrogen and oxygen atoms in total. The molecule has 1 aliphatic carbocycles. The number of hydrogen-bond donors (Lipinski definition) is 0. The highest BCUT2D eigenvalue weighted by molar-refractivity contribution is 5.94. The van der Waals surface area contributed by atoms with E-state index in [1.54, 1.807) is 0 Å². The second-order valence-corrected chi connectivity index (χ2v) is 11.3. The van der Waals surface area contributed by atoms with Crippen molar-refractivity contribution in [3.63, 3.8) is 0 Å². The van der Waals surface area contributed by atoms with Crippen LogP contribution in [0.25, 0.3) is 0 Å². The number of nitrogens with zero attached hydrogens (tertiary/aromatic N) is 3. The predicted octanol–water partition coefficient (Wildman–Crippen LogP) is 5.82. The smallest absolute Gasteiger partial charge is 0.410 e. The van der Waals surface area contributed by atoms with Crippen molar-refractivity contribution in [3.05, 3.63) is 101 Å². The van der Waals surface area contributed by atoms with Gasteiger partial charge in [-0.2, -0.15) is 0 Å². The standard InChI is InChI=1S/C33H37N3O3/c1-23-8-10-26(11-9-23)32(37)35-18-16-34(17-19-35)27-12-13-29-28-14-15-36(21-31(24(28)2)30(29)20-27)33(38)39-22-25-6-4-3-5-7-25/h3-13,20,24,28,31H,14-19,21-22H2,1-2H3/t24-,28?,31?/m0/s1. The number of hydrogen-bond acceptors (Lipinski definition) is 4. The molecule has 2 heterocycles. The van der Waals surface area contributed by atoms with Crippen LogP contribution >= 0.6 is 0 Å². The third-order valence-electron chi connectivity index (χ3n) is 8.96. The molecule has 2 fully saturated rings. The molecular weight excluding hydrogens is 486 g/mol. The average molecular weight is 524 g/mol. The van der Waals surface area contributed by atoms with Gasteiger partial charge in [-0.15, -0.1) is 0 Å². The first-order valence-corrected chi connectivity index (χ1v) is 14.2. The maximum absolute atomic E-state index is 13.0. The van der Waals surface area contributed by atoms with Gasteiger partial charge in [0.05, 0.1) is 0 Å². The zero-order valence-electron chi connectivity index (χ0n) is 22.9. The van der Waals surface area contributed by atoms with Crippen molar-refractivity contribution in [2.24, 2.45) is 5.92 Å². The van der Waals surface area contributed by atoms with Crippen molar-refractivity contribution in [2.45, 2.75) is 38.7 Å². The summed E-state index contributed by atoms with van der Waals surface area (Å²) in [6.07, 6.45) is 0.746. The summed E-state index contributed by atoms with van der Waals surface area (Å²) in [7, 11) is 0. The summed E-state index contributed by atoms with van der Waals surface area (Å²) in [6.45, 7) is 9.17. The fourth-order valence-corrected chi connectivity index (χ4v) is 6.59. The summed E-state index contributed by atoms with van der Waals surface area (Å²) >= 11 is 0. The Bertz CT molecular complexity index is 1330. The first-order valence-electron chi connectivity index (χ1n) is 14.2. The van der Waals surface area contributed by atoms with Crippen molar-refractivity contribution in [3.8, 4) is 0 Å². The van der Waals surface area contributed by atoms with Gasteiger partial charge in [-0.25, -0.2) is 4.79 Å². The van der Waals surface area contributed by atoms with Crippen LogP contribution in [0.3, 0.4) is 0 Å². The van der Waals surface area contributed by atoms with E-state index in [9.17, 15) is 9.59 Å². The Balaban J connectivity index is 1.12. The lowest BCUT2D eigenvalue weighted by molar-refractivity contribution is 0.0746. The van der Waals surface area contributed by atoms with E-state index in [2.05, 4.69) is 30.0 Å². The van der Waals surface area contributed by atoms with Gasteiger partial charge in [-0.05, 0) is 66.1 Å². The Hall–Kier alpha value is -3.80. The summed E-state index contributed by atoms with van der Waals surface area (Å²) < 4.78 is 5.69. The largest absolute Gasteiger partial charge is 0.445 e. The lowest BCUT2D eigenvalue weighted by Crippen LogP contribution is -2.48. The fourth-order valence-electron chi connectivity index (χ4n) is 6.59. The first kappa shape index (κ1) is 25.5. The molecule has 39 heavy (non-hydrogen) atoms. The van der Waals surface area contributed by atoms with Gasteiger partial charge < -0.3 is 19.4 Å². The Labute approximate surface area is 231 Å². The highest BCUT2D eigenvalue weighted by Crippen LogP contribution is 2.51. The number of rotatable bonds is 4. The molecule has 3 aromatic rings. The number of carbonyl (C=O) groups is 2. The lowest BCUT2D eigenvalue weighted by Gasteiger charge is -2.36. The van der Waals surface area contributed by atoms with Crippen molar-refractivity contribution < 1.29 is 14.3 Å². The molecule has 6 heteroatoms. The molecule has 3 atom stereocenters. The monoisotopic (exact) mass is 523 g/mol. The first-order chi connectivity index (χ1) is 19.0. The van der Waals surface area contributed by atoms with Gasteiger partial charge in [-0.1, -0.05) is 61.0 Å². The molecular formula is C33H37N3O3. The van der Waals surface area contributed by atoms with E-state index in [-0.39, 0.29) is 12.0 Å². The van der Waals surface area contributed by atoms with Crippen LogP contribution in [-0.2, 0) is 11.3 Å². The zero-order chi connectivity index (χ0) is 26.9. The van der Waals surface area contributed by atoms with Crippen LogP contribution in [0.4, 0.5) is 10.5 Å². The Morgan fingerprint density at radius 3 is 2.31 bits per heavy atom. The quantitative estimate of drug-likeness (QED) is 0.433. The molecule has 0 N–H and O–H groups in total. The summed E-state index contributed by atoms with van der Waals surface area (Å²) in [6, 6.07) is 24.6. The minimum atomic E-state index is -0.217. The molecule has 0 radical (unpaired) electrons. The van der Waals surface area contributed by atoms with Gasteiger partial charge in [0.25, 0.3) is 5.91 Å². The van der Waals surface area contributed by atoms with Crippen LogP contribution in [0.1, 0.15) is 57.8 Å². The second kappa shape index (κ2) is 10.8. The van der Waals surface area contributed by atoms with Gasteiger partial charge in [0, 0.05) is 56.4 Å². The molecule has 0 aromatic heterocycles. The van der Waals surface area contributed by atoms with Crippen molar-refractivity contribution in [1.29, 1.82) is 0 Å². The van der Waals surface area contributed by atoms with Crippen molar-refractivity contribution in [2.75, 3.05) is 44.2 Å². The Morgan fingerprint density at radius 1 is 0.821 bits per heavy atom. The molecule has 6 rings (SSSR count). The third kappa shape index (κ3) is 5.12. The number of amides is 2. The lowest BCUT2D eigenvalue weighted by atomic mass is 9.88. The van der Waals surface area contributed by atoms with Gasteiger partial charge in [-0.3, -0.25) is 4.79 Å². The number of benzene rings is 3. The molecule has 2 unspecified atom stereocenters. The zero-order valence-corrected chi connectivity index (χ0v) is 22.9. The Morgan fingerprint density at radius 2 is 1.56 bits per heavy atom. The minimum Gasteiger partial charge on any atom is -0.445 e. The van der Waals surface area contributed by atoms with Crippen LogP contribution < -0.4 is 4.90 Å². The molecule has 2 aliphatic heterocycles. The van der Waals surface area contributed by atoms with E-state index < -0.39 is 0 Å². The number of fused-ring (bicyclic) bond motifs is 5. The Kier molecular flexibility index (Phi) is 7.03. The molecule has 202 valence electrons. The molecule has 3 aromatic carbocycles. The maximum atomic E-state index is 13.0. The van der Waals surface area contributed by atoms with Crippen LogP contribution in [-0.4, -0.2) is 61.1 Å². The number of piperazine rings is 1. The van der Waals surface area contributed by atoms with E-state index in [1.807, 2.05) is 71.3 Å². The van der Waals surface area contributed by atoms with E-state index in [4.69, 9.17) is 4.74 Å². The van der Waals surface area contributed by atoms with Crippen LogP contribution in [0.2, 0.25) is 0 Å². The van der Waals surface area contributed by atoms with E-state index in [0.717, 1.165) is 42.7 Å². The van der Waals surface area contributed by atoms with E-state index in [1.165, 1.54) is 16.8 Å². The molecule has 2 saturated heterocycles. The second-order valence-electron chi connectivity index (χ2n) is 11.3. The van der Waals surface area contributed by atoms with Crippen molar-refractivity contribution >= 4 is 17.7 Å². The van der Waals surface area contributed by atoms with Crippen molar-refractivity contribution in [1.82, 2.24) is 9.80 Å². The summed E-state index contributed by atoms with van der Waals surface area (Å²) in [5, 5.41) is 0.